The predicted octanol–water partition coefficient (Wildman–Crippen LogP) is -1.48. The number of carboxylic acids is 1. The molecule has 0 rings (SSSR count). The number of amides is 1. The van der Waals surface area contributed by atoms with E-state index < -0.39 is 12.0 Å². The van der Waals surface area contributed by atoms with Crippen molar-refractivity contribution in [2.45, 2.75) is 13.0 Å². The molecule has 0 aromatic heterocycles. The van der Waals surface area contributed by atoms with E-state index in [9.17, 15) is 4.79 Å². The Morgan fingerprint density at radius 3 is 1.89 bits per heavy atom. The second-order valence-corrected chi connectivity index (χ2v) is 1.26. The molecule has 0 fully saturated rings. The van der Waals surface area contributed by atoms with Crippen molar-refractivity contribution in [3.63, 3.8) is 0 Å². The van der Waals surface area contributed by atoms with Gasteiger partial charge in [0, 0.05) is 0 Å². The Balaban J connectivity index is 0. The van der Waals surface area contributed by atoms with E-state index in [-0.39, 0.29) is 6.41 Å². The van der Waals surface area contributed by atoms with Gasteiger partial charge in [-0.3, -0.25) is 9.59 Å². The Morgan fingerprint density at radius 1 is 1.78 bits per heavy atom. The SMILES string of the molecule is CC(N)C(=O)O.NC=O. The van der Waals surface area contributed by atoms with Crippen LogP contribution in [0.2, 0.25) is 0 Å². The number of carboxylic acid groups (broad SMARTS) is 1. The van der Waals surface area contributed by atoms with E-state index >= 15 is 0 Å². The van der Waals surface area contributed by atoms with Gasteiger partial charge in [-0.15, -0.1) is 0 Å². The molecule has 0 bridgehead atoms. The number of aliphatic carboxylic acids is 1. The molecule has 5 nitrogen and oxygen atoms in total. The summed E-state index contributed by atoms with van der Waals surface area (Å²) in [6.07, 6.45) is 0.250. The molecular weight excluding hydrogens is 124 g/mol. The summed E-state index contributed by atoms with van der Waals surface area (Å²) < 4.78 is 0. The van der Waals surface area contributed by atoms with E-state index in [0.29, 0.717) is 0 Å². The Kier molecular flexibility index (Phi) is 8.28. The third-order valence-electron chi connectivity index (χ3n) is 0.390. The summed E-state index contributed by atoms with van der Waals surface area (Å²) in [5.74, 6) is -0.963. The number of nitrogens with two attached hydrogens (primary N) is 2. The standard InChI is InChI=1S/C3H7NO2.CH3NO/c1-2(4)3(5)6;2-1-3/h2H,4H2,1H3,(H,5,6);1H,(H2,2,3). The fourth-order valence-corrected chi connectivity index (χ4v) is 0. The van der Waals surface area contributed by atoms with Crippen molar-refractivity contribution >= 4 is 12.4 Å². The maximum atomic E-state index is 9.57. The van der Waals surface area contributed by atoms with Crippen LogP contribution in [0.3, 0.4) is 0 Å². The van der Waals surface area contributed by atoms with Gasteiger partial charge in [0.25, 0.3) is 0 Å². The Bertz CT molecular complexity index is 91.8. The highest BCUT2D eigenvalue weighted by Gasteiger charge is 1.99. The van der Waals surface area contributed by atoms with Crippen molar-refractivity contribution in [2.24, 2.45) is 11.5 Å². The van der Waals surface area contributed by atoms with Gasteiger partial charge in [0.2, 0.25) is 6.41 Å². The van der Waals surface area contributed by atoms with Crippen molar-refractivity contribution in [2.75, 3.05) is 0 Å². The van der Waals surface area contributed by atoms with E-state index in [1.807, 2.05) is 0 Å². The maximum Gasteiger partial charge on any atom is 0.320 e. The average Bonchev–Trinajstić information content (AvgIpc) is 1.68. The fourth-order valence-electron chi connectivity index (χ4n) is 0. The third kappa shape index (κ3) is 19.7. The monoisotopic (exact) mass is 134 g/mol. The zero-order valence-electron chi connectivity index (χ0n) is 5.07. The molecular formula is C4H10N2O3. The van der Waals surface area contributed by atoms with Gasteiger partial charge in [0.1, 0.15) is 6.04 Å². The lowest BCUT2D eigenvalue weighted by molar-refractivity contribution is -0.138. The van der Waals surface area contributed by atoms with E-state index in [0.717, 1.165) is 0 Å². The molecule has 0 aliphatic heterocycles. The van der Waals surface area contributed by atoms with E-state index in [1.165, 1.54) is 6.92 Å². The second-order valence-electron chi connectivity index (χ2n) is 1.26. The zero-order valence-corrected chi connectivity index (χ0v) is 5.07. The lowest BCUT2D eigenvalue weighted by Gasteiger charge is -1.90. The largest absolute Gasteiger partial charge is 0.480 e. The van der Waals surface area contributed by atoms with Crippen LogP contribution in [0.4, 0.5) is 0 Å². The number of hydrogen-bond acceptors (Lipinski definition) is 3. The normalized spacial score (nSPS) is 10.4. The maximum absolute atomic E-state index is 9.57. The summed E-state index contributed by atoms with van der Waals surface area (Å²) in [6.45, 7) is 1.42. The smallest absolute Gasteiger partial charge is 0.320 e. The van der Waals surface area contributed by atoms with Gasteiger partial charge < -0.3 is 16.6 Å². The first kappa shape index (κ1) is 10.8. The van der Waals surface area contributed by atoms with Crippen LogP contribution in [0.1, 0.15) is 6.92 Å². The summed E-state index contributed by atoms with van der Waals surface area (Å²) in [5, 5.41) is 7.87. The molecule has 1 amide bonds. The third-order valence-corrected chi connectivity index (χ3v) is 0.390. The van der Waals surface area contributed by atoms with Crippen LogP contribution in [-0.4, -0.2) is 23.5 Å². The Labute approximate surface area is 52.6 Å². The molecule has 0 aliphatic carbocycles. The first-order valence-electron chi connectivity index (χ1n) is 2.20. The predicted molar refractivity (Wildman–Crippen MR) is 31.5 cm³/mol. The van der Waals surface area contributed by atoms with Crippen LogP contribution < -0.4 is 11.5 Å². The van der Waals surface area contributed by atoms with E-state index in [1.54, 1.807) is 0 Å². The molecule has 1 unspecified atom stereocenters. The van der Waals surface area contributed by atoms with Crippen LogP contribution >= 0.6 is 0 Å². The van der Waals surface area contributed by atoms with Gasteiger partial charge in [-0.1, -0.05) is 0 Å². The lowest BCUT2D eigenvalue weighted by Crippen LogP contribution is -2.25. The first-order valence-corrected chi connectivity index (χ1v) is 2.20. The number of carbonyl (C=O) groups excluding carboxylic acids is 1. The van der Waals surface area contributed by atoms with E-state index in [4.69, 9.17) is 15.6 Å². The summed E-state index contributed by atoms with van der Waals surface area (Å²) >= 11 is 0. The van der Waals surface area contributed by atoms with Gasteiger partial charge in [-0.25, -0.2) is 0 Å². The summed E-state index contributed by atoms with van der Waals surface area (Å²) in [5.41, 5.74) is 9.00. The Morgan fingerprint density at radius 2 is 1.89 bits per heavy atom. The number of carbonyl (C=O) groups is 2. The molecule has 0 aromatic rings. The number of hydrogen-bond donors (Lipinski definition) is 3. The molecule has 0 saturated heterocycles. The highest BCUT2D eigenvalue weighted by atomic mass is 16.4. The second kappa shape index (κ2) is 6.90. The van der Waals surface area contributed by atoms with Crippen molar-refractivity contribution < 1.29 is 14.7 Å². The molecule has 0 aliphatic rings. The van der Waals surface area contributed by atoms with Gasteiger partial charge in [0.05, 0.1) is 0 Å². The Hall–Kier alpha value is -1.10. The quantitative estimate of drug-likeness (QED) is 0.380. The minimum absolute atomic E-state index is 0.250. The van der Waals surface area contributed by atoms with Crippen molar-refractivity contribution in [1.29, 1.82) is 0 Å². The molecule has 0 spiro atoms. The summed E-state index contributed by atoms with van der Waals surface area (Å²) in [7, 11) is 0. The summed E-state index contributed by atoms with van der Waals surface area (Å²) in [4.78, 5) is 18.2. The van der Waals surface area contributed by atoms with Gasteiger partial charge in [0.15, 0.2) is 0 Å². The van der Waals surface area contributed by atoms with Crippen LogP contribution in [0.25, 0.3) is 0 Å². The minimum atomic E-state index is -0.963. The molecule has 54 valence electrons. The molecule has 0 aromatic carbocycles. The topological polar surface area (TPSA) is 106 Å². The summed E-state index contributed by atoms with van der Waals surface area (Å²) in [6, 6.07) is -0.731. The van der Waals surface area contributed by atoms with Gasteiger partial charge in [-0.2, -0.15) is 0 Å². The number of primary amides is 1. The highest BCUT2D eigenvalue weighted by Crippen LogP contribution is 1.68. The molecule has 0 saturated carbocycles. The van der Waals surface area contributed by atoms with Gasteiger partial charge in [-0.05, 0) is 6.92 Å². The van der Waals surface area contributed by atoms with Crippen molar-refractivity contribution in [1.82, 2.24) is 0 Å². The van der Waals surface area contributed by atoms with Crippen LogP contribution in [0, 0.1) is 0 Å². The lowest BCUT2D eigenvalue weighted by atomic mass is 10.4. The molecule has 0 radical (unpaired) electrons. The molecule has 0 heterocycles. The fraction of sp³-hybridized carbons (Fsp3) is 0.500. The van der Waals surface area contributed by atoms with Crippen LogP contribution in [0.5, 0.6) is 0 Å². The zero-order chi connectivity index (χ0) is 7.86. The van der Waals surface area contributed by atoms with E-state index in [2.05, 4.69) is 5.73 Å². The van der Waals surface area contributed by atoms with Crippen molar-refractivity contribution in [3.8, 4) is 0 Å². The molecule has 5 heteroatoms. The van der Waals surface area contributed by atoms with Crippen LogP contribution in [0.15, 0.2) is 0 Å². The molecule has 9 heavy (non-hydrogen) atoms. The highest BCUT2D eigenvalue weighted by molar-refractivity contribution is 5.72. The number of rotatable bonds is 1. The van der Waals surface area contributed by atoms with Crippen molar-refractivity contribution in [3.05, 3.63) is 0 Å². The molecule has 5 N–H and O–H groups in total. The molecule has 1 atom stereocenters. The average molecular weight is 134 g/mol. The minimum Gasteiger partial charge on any atom is -0.480 e. The van der Waals surface area contributed by atoms with Gasteiger partial charge >= 0.3 is 5.97 Å². The first-order chi connectivity index (χ1) is 4.06. The van der Waals surface area contributed by atoms with Crippen LogP contribution in [-0.2, 0) is 9.59 Å².